The van der Waals surface area contributed by atoms with Gasteiger partial charge in [0.1, 0.15) is 11.1 Å². The molecular weight excluding hydrogens is 270 g/mol. The molecule has 1 aromatic rings. The van der Waals surface area contributed by atoms with Crippen LogP contribution in [0.2, 0.25) is 0 Å². The fraction of sp³-hybridized carbons (Fsp3) is 0.688. The van der Waals surface area contributed by atoms with Gasteiger partial charge in [-0.1, -0.05) is 39.0 Å². The van der Waals surface area contributed by atoms with Crippen molar-refractivity contribution < 1.29 is 9.21 Å². The summed E-state index contributed by atoms with van der Waals surface area (Å²) in [5.74, 6) is 2.20. The average molecular weight is 295 g/mol. The highest BCUT2D eigenvalue weighted by molar-refractivity contribution is 7.99. The molecule has 0 N–H and O–H groups in total. The van der Waals surface area contributed by atoms with Crippen molar-refractivity contribution in [2.24, 2.45) is 0 Å². The Balaban J connectivity index is 1.71. The normalized spacial score (nSPS) is 18.6. The van der Waals surface area contributed by atoms with Crippen molar-refractivity contribution in [3.63, 3.8) is 0 Å². The summed E-state index contributed by atoms with van der Waals surface area (Å²) in [5, 5.41) is 0.0950. The summed E-state index contributed by atoms with van der Waals surface area (Å²) < 4.78 is 5.45. The van der Waals surface area contributed by atoms with Crippen LogP contribution in [0.1, 0.15) is 63.0 Å². The minimum absolute atomic E-state index is 0.0950. The number of rotatable bonds is 8. The zero-order chi connectivity index (χ0) is 14.2. The lowest BCUT2D eigenvalue weighted by molar-refractivity contribution is -0.131. The van der Waals surface area contributed by atoms with Crippen LogP contribution in [0.25, 0.3) is 0 Å². The Morgan fingerprint density at radius 2 is 2.15 bits per heavy atom. The van der Waals surface area contributed by atoms with E-state index in [-0.39, 0.29) is 11.3 Å². The number of unbranched alkanes of at least 4 members (excludes halogenated alkanes) is 5. The molecule has 1 amide bonds. The second kappa shape index (κ2) is 8.40. The molecule has 20 heavy (non-hydrogen) atoms. The smallest absolute Gasteiger partial charge is 0.223 e. The number of hydrogen-bond acceptors (Lipinski definition) is 3. The third kappa shape index (κ3) is 4.30. The molecule has 112 valence electrons. The summed E-state index contributed by atoms with van der Waals surface area (Å²) in [6.07, 6.45) is 9.73. The zero-order valence-electron chi connectivity index (χ0n) is 12.3. The van der Waals surface area contributed by atoms with Crippen molar-refractivity contribution in [1.29, 1.82) is 0 Å². The van der Waals surface area contributed by atoms with E-state index in [0.717, 1.165) is 24.5 Å². The fourth-order valence-electron chi connectivity index (χ4n) is 2.59. The molecule has 0 spiro atoms. The van der Waals surface area contributed by atoms with E-state index in [1.54, 1.807) is 18.0 Å². The topological polar surface area (TPSA) is 33.5 Å². The Kier molecular flexibility index (Phi) is 6.51. The second-order valence-electron chi connectivity index (χ2n) is 5.34. The van der Waals surface area contributed by atoms with Crippen molar-refractivity contribution in [2.45, 2.75) is 57.2 Å². The van der Waals surface area contributed by atoms with Gasteiger partial charge in [-0.3, -0.25) is 4.79 Å². The highest BCUT2D eigenvalue weighted by atomic mass is 32.2. The predicted molar refractivity (Wildman–Crippen MR) is 83.6 cm³/mol. The van der Waals surface area contributed by atoms with Gasteiger partial charge in [0.25, 0.3) is 0 Å². The van der Waals surface area contributed by atoms with Gasteiger partial charge < -0.3 is 9.32 Å². The third-order valence-electron chi connectivity index (χ3n) is 3.74. The maximum absolute atomic E-state index is 12.3. The summed E-state index contributed by atoms with van der Waals surface area (Å²) in [4.78, 5) is 14.3. The molecule has 2 rings (SSSR count). The van der Waals surface area contributed by atoms with Crippen LogP contribution in [-0.2, 0) is 4.79 Å². The van der Waals surface area contributed by atoms with Gasteiger partial charge in [-0.2, -0.15) is 0 Å². The third-order valence-corrected chi connectivity index (χ3v) is 4.96. The summed E-state index contributed by atoms with van der Waals surface area (Å²) in [7, 11) is 0. The van der Waals surface area contributed by atoms with Crippen LogP contribution in [0.4, 0.5) is 0 Å². The average Bonchev–Trinajstić information content (AvgIpc) is 3.11. The zero-order valence-corrected chi connectivity index (χ0v) is 13.2. The molecule has 3 nitrogen and oxygen atoms in total. The highest BCUT2D eigenvalue weighted by Gasteiger charge is 2.31. The van der Waals surface area contributed by atoms with Gasteiger partial charge in [-0.15, -0.1) is 11.8 Å². The minimum Gasteiger partial charge on any atom is -0.466 e. The van der Waals surface area contributed by atoms with Crippen molar-refractivity contribution in [1.82, 2.24) is 4.90 Å². The predicted octanol–water partition coefficient (Wildman–Crippen LogP) is 4.60. The molecule has 4 heteroatoms. The van der Waals surface area contributed by atoms with Crippen molar-refractivity contribution in [3.8, 4) is 0 Å². The fourth-order valence-corrected chi connectivity index (χ4v) is 3.82. The van der Waals surface area contributed by atoms with E-state index in [0.29, 0.717) is 6.42 Å². The first-order valence-electron chi connectivity index (χ1n) is 7.77. The number of nitrogens with zero attached hydrogens (tertiary/aromatic N) is 1. The molecule has 0 saturated carbocycles. The van der Waals surface area contributed by atoms with Crippen LogP contribution in [-0.4, -0.2) is 23.1 Å². The molecule has 0 radical (unpaired) electrons. The van der Waals surface area contributed by atoms with Crippen LogP contribution in [0, 0.1) is 0 Å². The Labute approximate surface area is 126 Å². The molecule has 0 aromatic carbocycles. The van der Waals surface area contributed by atoms with Crippen LogP contribution in [0.15, 0.2) is 22.8 Å². The summed E-state index contributed by atoms with van der Waals surface area (Å²) in [5.41, 5.74) is 0. The maximum atomic E-state index is 12.3. The van der Waals surface area contributed by atoms with Crippen LogP contribution >= 0.6 is 11.8 Å². The first-order valence-corrected chi connectivity index (χ1v) is 8.82. The molecule has 2 heterocycles. The van der Waals surface area contributed by atoms with Gasteiger partial charge in [0, 0.05) is 18.7 Å². The van der Waals surface area contributed by atoms with E-state index in [2.05, 4.69) is 6.92 Å². The van der Waals surface area contributed by atoms with Gasteiger partial charge in [0.15, 0.2) is 0 Å². The molecule has 1 fully saturated rings. The van der Waals surface area contributed by atoms with Crippen LogP contribution < -0.4 is 0 Å². The SMILES string of the molecule is CCCCCCCCC(=O)N1CCSC1c1ccco1. The van der Waals surface area contributed by atoms with E-state index in [4.69, 9.17) is 4.42 Å². The number of furan rings is 1. The monoisotopic (exact) mass is 295 g/mol. The molecule has 1 unspecified atom stereocenters. The van der Waals surface area contributed by atoms with E-state index in [1.165, 1.54) is 32.1 Å². The van der Waals surface area contributed by atoms with Gasteiger partial charge in [-0.05, 0) is 18.6 Å². The van der Waals surface area contributed by atoms with Gasteiger partial charge in [-0.25, -0.2) is 0 Å². The quantitative estimate of drug-likeness (QED) is 0.657. The van der Waals surface area contributed by atoms with Crippen molar-refractivity contribution >= 4 is 17.7 Å². The Morgan fingerprint density at radius 3 is 2.90 bits per heavy atom. The van der Waals surface area contributed by atoms with E-state index < -0.39 is 0 Å². The highest BCUT2D eigenvalue weighted by Crippen LogP contribution is 2.38. The largest absolute Gasteiger partial charge is 0.466 e. The van der Waals surface area contributed by atoms with E-state index in [9.17, 15) is 4.79 Å². The van der Waals surface area contributed by atoms with E-state index >= 15 is 0 Å². The number of amides is 1. The molecule has 1 aliphatic heterocycles. The first-order chi connectivity index (χ1) is 9.83. The lowest BCUT2D eigenvalue weighted by Gasteiger charge is -2.22. The molecule has 1 atom stereocenters. The number of thioether (sulfide) groups is 1. The molecular formula is C16H25NO2S. The maximum Gasteiger partial charge on any atom is 0.223 e. The van der Waals surface area contributed by atoms with E-state index in [1.807, 2.05) is 17.0 Å². The van der Waals surface area contributed by atoms with Crippen molar-refractivity contribution in [2.75, 3.05) is 12.3 Å². The molecule has 0 bridgehead atoms. The van der Waals surface area contributed by atoms with Gasteiger partial charge in [0.2, 0.25) is 5.91 Å². The molecule has 1 aliphatic rings. The molecule has 1 aromatic heterocycles. The standard InChI is InChI=1S/C16H25NO2S/c1-2-3-4-5-6-7-10-15(18)17-11-13-20-16(17)14-9-8-12-19-14/h8-9,12,16H,2-7,10-11,13H2,1H3. The van der Waals surface area contributed by atoms with Gasteiger partial charge in [0.05, 0.1) is 6.26 Å². The summed E-state index contributed by atoms with van der Waals surface area (Å²) in [6, 6.07) is 3.86. The second-order valence-corrected chi connectivity index (χ2v) is 6.53. The number of carbonyl (C=O) groups is 1. The lowest BCUT2D eigenvalue weighted by atomic mass is 10.1. The van der Waals surface area contributed by atoms with Crippen molar-refractivity contribution in [3.05, 3.63) is 24.2 Å². The Bertz CT molecular complexity index is 391. The number of hydrogen-bond donors (Lipinski definition) is 0. The van der Waals surface area contributed by atoms with Crippen LogP contribution in [0.5, 0.6) is 0 Å². The summed E-state index contributed by atoms with van der Waals surface area (Å²) >= 11 is 1.80. The van der Waals surface area contributed by atoms with Gasteiger partial charge >= 0.3 is 0 Å². The summed E-state index contributed by atoms with van der Waals surface area (Å²) in [6.45, 7) is 3.08. The number of carbonyl (C=O) groups excluding carboxylic acids is 1. The molecule has 1 saturated heterocycles. The lowest BCUT2D eigenvalue weighted by Crippen LogP contribution is -2.29. The molecule has 0 aliphatic carbocycles. The van der Waals surface area contributed by atoms with Crippen LogP contribution in [0.3, 0.4) is 0 Å². The Morgan fingerprint density at radius 1 is 1.35 bits per heavy atom. The Hall–Kier alpha value is -0.900. The first kappa shape index (κ1) is 15.5. The minimum atomic E-state index is 0.0950.